The molecule has 0 unspecified atom stereocenters. The molecule has 1 N–H and O–H groups in total. The molecule has 1 aromatic heterocycles. The van der Waals surface area contributed by atoms with Crippen molar-refractivity contribution in [1.82, 2.24) is 14.9 Å². The molecule has 0 bridgehead atoms. The lowest BCUT2D eigenvalue weighted by atomic mass is 10.3. The van der Waals surface area contributed by atoms with E-state index in [9.17, 15) is 4.79 Å². The number of hydrogen-bond donors (Lipinski definition) is 1. The van der Waals surface area contributed by atoms with Gasteiger partial charge in [0.2, 0.25) is 11.9 Å². The van der Waals surface area contributed by atoms with Gasteiger partial charge in [-0.2, -0.15) is 0 Å². The zero-order valence-corrected chi connectivity index (χ0v) is 14.4. The topological polar surface area (TPSA) is 70.6 Å². The average molecular weight is 341 g/mol. The summed E-state index contributed by atoms with van der Waals surface area (Å²) in [6, 6.07) is 9.24. The van der Waals surface area contributed by atoms with Crippen LogP contribution in [0.5, 0.6) is 5.75 Å². The van der Waals surface area contributed by atoms with Gasteiger partial charge in [-0.15, -0.1) is 0 Å². The molecule has 2 heterocycles. The Morgan fingerprint density at radius 1 is 1.12 bits per heavy atom. The summed E-state index contributed by atoms with van der Waals surface area (Å²) in [4.78, 5) is 25.0. The van der Waals surface area contributed by atoms with E-state index in [-0.39, 0.29) is 5.91 Å². The van der Waals surface area contributed by atoms with Crippen LogP contribution in [0.15, 0.2) is 42.7 Å². The van der Waals surface area contributed by atoms with E-state index in [4.69, 9.17) is 4.74 Å². The van der Waals surface area contributed by atoms with E-state index < -0.39 is 0 Å². The lowest BCUT2D eigenvalue weighted by molar-refractivity contribution is -0.117. The highest BCUT2D eigenvalue weighted by Crippen LogP contribution is 2.16. The maximum Gasteiger partial charge on any atom is 0.238 e. The number of carbonyl (C=O) groups excluding carboxylic acids is 1. The van der Waals surface area contributed by atoms with Crippen molar-refractivity contribution in [3.63, 3.8) is 0 Å². The zero-order chi connectivity index (χ0) is 17.5. The van der Waals surface area contributed by atoms with Crippen LogP contribution in [-0.2, 0) is 4.79 Å². The molecule has 1 aliphatic rings. The number of anilines is 2. The van der Waals surface area contributed by atoms with Crippen molar-refractivity contribution in [2.24, 2.45) is 0 Å². The SMILES string of the molecule is CCOc1ccc(NC(=O)CN2CCN(c3ncccn3)CC2)cc1. The van der Waals surface area contributed by atoms with E-state index in [1.165, 1.54) is 0 Å². The summed E-state index contributed by atoms with van der Waals surface area (Å²) in [6.45, 7) is 6.23. The highest BCUT2D eigenvalue weighted by atomic mass is 16.5. The van der Waals surface area contributed by atoms with Crippen LogP contribution in [0.1, 0.15) is 6.92 Å². The van der Waals surface area contributed by atoms with Gasteiger partial charge in [0.15, 0.2) is 0 Å². The molecule has 25 heavy (non-hydrogen) atoms. The second kappa shape index (κ2) is 8.43. The number of nitrogens with one attached hydrogen (secondary N) is 1. The molecular weight excluding hydrogens is 318 g/mol. The highest BCUT2D eigenvalue weighted by molar-refractivity contribution is 5.92. The van der Waals surface area contributed by atoms with E-state index in [0.717, 1.165) is 43.6 Å². The molecule has 3 rings (SSSR count). The molecule has 1 aromatic carbocycles. The zero-order valence-electron chi connectivity index (χ0n) is 14.4. The Morgan fingerprint density at radius 2 is 1.80 bits per heavy atom. The molecular formula is C18H23N5O2. The first-order chi connectivity index (χ1) is 12.2. The number of amides is 1. The number of aromatic nitrogens is 2. The third-order valence-electron chi connectivity index (χ3n) is 4.02. The van der Waals surface area contributed by atoms with Gasteiger partial charge >= 0.3 is 0 Å². The van der Waals surface area contributed by atoms with Crippen LogP contribution >= 0.6 is 0 Å². The number of rotatable bonds is 6. The number of carbonyl (C=O) groups is 1. The van der Waals surface area contributed by atoms with Gasteiger partial charge in [-0.05, 0) is 37.3 Å². The van der Waals surface area contributed by atoms with Gasteiger partial charge in [-0.3, -0.25) is 9.69 Å². The molecule has 0 radical (unpaired) electrons. The van der Waals surface area contributed by atoms with Gasteiger partial charge in [0, 0.05) is 44.3 Å². The molecule has 0 aliphatic carbocycles. The predicted molar refractivity (Wildman–Crippen MR) is 96.9 cm³/mol. The number of hydrogen-bond acceptors (Lipinski definition) is 6. The lowest BCUT2D eigenvalue weighted by Crippen LogP contribution is -2.49. The largest absolute Gasteiger partial charge is 0.494 e. The number of piperazine rings is 1. The number of benzene rings is 1. The van der Waals surface area contributed by atoms with Crippen LogP contribution in [-0.4, -0.2) is 60.1 Å². The molecule has 0 spiro atoms. The molecule has 1 fully saturated rings. The van der Waals surface area contributed by atoms with Crippen LogP contribution in [0, 0.1) is 0 Å². The normalized spacial score (nSPS) is 15.0. The molecule has 0 atom stereocenters. The minimum absolute atomic E-state index is 0.00595. The van der Waals surface area contributed by atoms with Crippen LogP contribution in [0.2, 0.25) is 0 Å². The number of ether oxygens (including phenoxy) is 1. The van der Waals surface area contributed by atoms with Crippen molar-refractivity contribution in [3.05, 3.63) is 42.7 Å². The van der Waals surface area contributed by atoms with E-state index >= 15 is 0 Å². The van der Waals surface area contributed by atoms with Crippen LogP contribution in [0.4, 0.5) is 11.6 Å². The van der Waals surface area contributed by atoms with Crippen molar-refractivity contribution in [2.75, 3.05) is 49.5 Å². The van der Waals surface area contributed by atoms with Crippen molar-refractivity contribution < 1.29 is 9.53 Å². The fourth-order valence-corrected chi connectivity index (χ4v) is 2.77. The first-order valence-corrected chi connectivity index (χ1v) is 8.51. The maximum absolute atomic E-state index is 12.2. The molecule has 1 saturated heterocycles. The fourth-order valence-electron chi connectivity index (χ4n) is 2.77. The molecule has 7 nitrogen and oxygen atoms in total. The third kappa shape index (κ3) is 4.90. The monoisotopic (exact) mass is 341 g/mol. The second-order valence-electron chi connectivity index (χ2n) is 5.82. The molecule has 2 aromatic rings. The summed E-state index contributed by atoms with van der Waals surface area (Å²) in [7, 11) is 0. The molecule has 7 heteroatoms. The van der Waals surface area contributed by atoms with Crippen LogP contribution < -0.4 is 15.0 Å². The van der Waals surface area contributed by atoms with Gasteiger partial charge in [0.25, 0.3) is 0 Å². The Kier molecular flexibility index (Phi) is 5.79. The molecule has 1 aliphatic heterocycles. The fraction of sp³-hybridized carbons (Fsp3) is 0.389. The predicted octanol–water partition coefficient (Wildman–Crippen LogP) is 1.64. The van der Waals surface area contributed by atoms with Crippen molar-refractivity contribution in [2.45, 2.75) is 6.92 Å². The standard InChI is InChI=1S/C18H23N5O2/c1-2-25-16-6-4-15(5-7-16)21-17(24)14-22-10-12-23(13-11-22)18-19-8-3-9-20-18/h3-9H,2,10-14H2,1H3,(H,21,24). The summed E-state index contributed by atoms with van der Waals surface area (Å²) < 4.78 is 5.40. The first kappa shape index (κ1) is 17.2. The quantitative estimate of drug-likeness (QED) is 0.861. The summed E-state index contributed by atoms with van der Waals surface area (Å²) in [6.07, 6.45) is 3.50. The van der Waals surface area contributed by atoms with E-state index in [2.05, 4.69) is 25.1 Å². The van der Waals surface area contributed by atoms with Crippen molar-refractivity contribution >= 4 is 17.5 Å². The van der Waals surface area contributed by atoms with Crippen molar-refractivity contribution in [1.29, 1.82) is 0 Å². The van der Waals surface area contributed by atoms with Gasteiger partial charge < -0.3 is 15.0 Å². The Balaban J connectivity index is 1.44. The first-order valence-electron chi connectivity index (χ1n) is 8.51. The highest BCUT2D eigenvalue weighted by Gasteiger charge is 2.20. The summed E-state index contributed by atoms with van der Waals surface area (Å²) in [5, 5.41) is 2.93. The summed E-state index contributed by atoms with van der Waals surface area (Å²) >= 11 is 0. The minimum Gasteiger partial charge on any atom is -0.494 e. The van der Waals surface area contributed by atoms with Crippen LogP contribution in [0.25, 0.3) is 0 Å². The second-order valence-corrected chi connectivity index (χ2v) is 5.82. The summed E-state index contributed by atoms with van der Waals surface area (Å²) in [5.74, 6) is 1.55. The van der Waals surface area contributed by atoms with Gasteiger partial charge in [-0.25, -0.2) is 9.97 Å². The van der Waals surface area contributed by atoms with Gasteiger partial charge in [-0.1, -0.05) is 0 Å². The average Bonchev–Trinajstić information content (AvgIpc) is 2.65. The minimum atomic E-state index is -0.00595. The molecule has 132 valence electrons. The Hall–Kier alpha value is -2.67. The smallest absolute Gasteiger partial charge is 0.238 e. The lowest BCUT2D eigenvalue weighted by Gasteiger charge is -2.34. The Morgan fingerprint density at radius 3 is 2.44 bits per heavy atom. The Bertz CT molecular complexity index is 670. The van der Waals surface area contributed by atoms with Crippen molar-refractivity contribution in [3.8, 4) is 5.75 Å². The summed E-state index contributed by atoms with van der Waals surface area (Å²) in [5.41, 5.74) is 0.782. The van der Waals surface area contributed by atoms with Gasteiger partial charge in [0.05, 0.1) is 13.2 Å². The van der Waals surface area contributed by atoms with E-state index in [0.29, 0.717) is 13.2 Å². The molecule has 0 saturated carbocycles. The van der Waals surface area contributed by atoms with Gasteiger partial charge in [0.1, 0.15) is 5.75 Å². The Labute approximate surface area is 147 Å². The number of nitrogens with zero attached hydrogens (tertiary/aromatic N) is 4. The van der Waals surface area contributed by atoms with E-state index in [1.54, 1.807) is 12.4 Å². The third-order valence-corrected chi connectivity index (χ3v) is 4.02. The molecule has 1 amide bonds. The van der Waals surface area contributed by atoms with Crippen LogP contribution in [0.3, 0.4) is 0 Å². The maximum atomic E-state index is 12.2. The van der Waals surface area contributed by atoms with E-state index in [1.807, 2.05) is 37.3 Å².